The van der Waals surface area contributed by atoms with Crippen LogP contribution in [0, 0.1) is 29.1 Å². The second-order valence-electron chi connectivity index (χ2n) is 9.59. The van der Waals surface area contributed by atoms with Crippen molar-refractivity contribution in [2.75, 3.05) is 6.61 Å². The number of aliphatic hydroxyl groups is 1. The van der Waals surface area contributed by atoms with Crippen LogP contribution in [-0.2, 0) is 23.8 Å². The Hall–Kier alpha value is -1.96. The van der Waals surface area contributed by atoms with Crippen molar-refractivity contribution in [3.63, 3.8) is 0 Å². The summed E-state index contributed by atoms with van der Waals surface area (Å²) in [5, 5.41) is 11.5. The number of ketones is 1. The van der Waals surface area contributed by atoms with Crippen LogP contribution in [0.4, 0.5) is 0 Å². The number of benzene rings is 1. The molecule has 1 aliphatic heterocycles. The lowest BCUT2D eigenvalue weighted by atomic mass is 9.40. The monoisotopic (exact) mass is 430 g/mol. The van der Waals surface area contributed by atoms with Crippen molar-refractivity contribution >= 4 is 15.9 Å². The van der Waals surface area contributed by atoms with Crippen LogP contribution in [0.2, 0.25) is 0 Å². The standard InChI is InChI=1S/C23H26O6S/c1-13-6-9-16(10-7-13)30(26,27)29-18-15(3)22-14(2)8-11-17(22)20(4)12-28-23(25,19(22)24)21(18,20)5/h6-7,9-11,14,25H,8,12H2,1-5H3/t14-,20?,21?,22?,23?/m0/s1. The Morgan fingerprint density at radius 3 is 2.43 bits per heavy atom. The van der Waals surface area contributed by atoms with Crippen LogP contribution < -0.4 is 0 Å². The fourth-order valence-corrected chi connectivity index (χ4v) is 7.51. The Morgan fingerprint density at radius 2 is 1.80 bits per heavy atom. The fourth-order valence-electron chi connectivity index (χ4n) is 6.43. The molecule has 6 rings (SSSR count). The van der Waals surface area contributed by atoms with Gasteiger partial charge in [0, 0.05) is 5.41 Å². The lowest BCUT2D eigenvalue weighted by Gasteiger charge is -2.62. The summed E-state index contributed by atoms with van der Waals surface area (Å²) in [5.41, 5.74) is -0.783. The Balaban J connectivity index is 1.77. The van der Waals surface area contributed by atoms with Gasteiger partial charge in [0.1, 0.15) is 10.7 Å². The summed E-state index contributed by atoms with van der Waals surface area (Å²) >= 11 is 0. The van der Waals surface area contributed by atoms with Gasteiger partial charge >= 0.3 is 10.1 Å². The summed E-state index contributed by atoms with van der Waals surface area (Å²) in [7, 11) is -4.17. The summed E-state index contributed by atoms with van der Waals surface area (Å²) in [6.07, 6.45) is 2.75. The number of Topliss-reactive ketones (excluding diaryl/α,β-unsaturated/α-hetero) is 1. The number of aryl methyl sites for hydroxylation is 1. The zero-order valence-corrected chi connectivity index (χ0v) is 18.6. The molecule has 1 N–H and O–H groups in total. The third-order valence-electron chi connectivity index (χ3n) is 8.34. The molecule has 4 unspecified atom stereocenters. The third-order valence-corrected chi connectivity index (χ3v) is 9.58. The molecule has 2 fully saturated rings. The number of carbonyl (C=O) groups excluding carboxylic acids is 1. The summed E-state index contributed by atoms with van der Waals surface area (Å²) in [5.74, 6) is -2.52. The van der Waals surface area contributed by atoms with Crippen LogP contribution in [-0.4, -0.2) is 31.7 Å². The lowest BCUT2D eigenvalue weighted by molar-refractivity contribution is -0.235. The molecule has 6 nitrogen and oxygen atoms in total. The third kappa shape index (κ3) is 1.81. The van der Waals surface area contributed by atoms with Crippen molar-refractivity contribution in [3.8, 4) is 0 Å². The summed E-state index contributed by atoms with van der Waals surface area (Å²) in [6, 6.07) is 6.41. The highest BCUT2D eigenvalue weighted by atomic mass is 32.2. The predicted molar refractivity (Wildman–Crippen MR) is 109 cm³/mol. The second kappa shape index (κ2) is 5.44. The Labute approximate surface area is 176 Å². The van der Waals surface area contributed by atoms with Crippen LogP contribution in [0.5, 0.6) is 0 Å². The molecule has 4 bridgehead atoms. The minimum absolute atomic E-state index is 0.0305. The van der Waals surface area contributed by atoms with Gasteiger partial charge < -0.3 is 14.0 Å². The molecule has 1 aromatic rings. The lowest BCUT2D eigenvalue weighted by Crippen LogP contribution is -2.71. The topological polar surface area (TPSA) is 89.9 Å². The first-order valence-electron chi connectivity index (χ1n) is 10.2. The molecule has 1 heterocycles. The first kappa shape index (κ1) is 20.0. The van der Waals surface area contributed by atoms with E-state index in [4.69, 9.17) is 8.92 Å². The molecule has 30 heavy (non-hydrogen) atoms. The first-order chi connectivity index (χ1) is 13.9. The molecule has 1 saturated carbocycles. The molecule has 1 saturated heterocycles. The molecule has 5 aliphatic rings. The van der Waals surface area contributed by atoms with Crippen molar-refractivity contribution < 1.29 is 27.2 Å². The summed E-state index contributed by atoms with van der Waals surface area (Å²) in [4.78, 5) is 13.7. The highest BCUT2D eigenvalue weighted by Crippen LogP contribution is 2.78. The smallest absolute Gasteiger partial charge is 0.338 e. The zero-order chi connectivity index (χ0) is 21.9. The van der Waals surface area contributed by atoms with Gasteiger partial charge in [0.25, 0.3) is 0 Å². The van der Waals surface area contributed by atoms with E-state index in [0.29, 0.717) is 12.0 Å². The van der Waals surface area contributed by atoms with E-state index in [-0.39, 0.29) is 23.2 Å². The minimum atomic E-state index is -4.17. The van der Waals surface area contributed by atoms with Crippen LogP contribution in [0.1, 0.15) is 39.7 Å². The molecule has 7 heteroatoms. The Morgan fingerprint density at radius 1 is 1.17 bits per heavy atom. The van der Waals surface area contributed by atoms with Crippen molar-refractivity contribution in [1.82, 2.24) is 0 Å². The van der Waals surface area contributed by atoms with E-state index < -0.39 is 37.9 Å². The Bertz CT molecular complexity index is 1160. The van der Waals surface area contributed by atoms with E-state index in [0.717, 1.165) is 11.1 Å². The number of hydrogen-bond acceptors (Lipinski definition) is 6. The number of hydrogen-bond donors (Lipinski definition) is 1. The second-order valence-corrected chi connectivity index (χ2v) is 11.1. The number of carbonyl (C=O) groups is 1. The zero-order valence-electron chi connectivity index (χ0n) is 17.8. The van der Waals surface area contributed by atoms with Gasteiger partial charge in [-0.2, -0.15) is 8.42 Å². The maximum Gasteiger partial charge on any atom is 0.338 e. The highest BCUT2D eigenvalue weighted by molar-refractivity contribution is 7.86. The maximum absolute atomic E-state index is 13.7. The van der Waals surface area contributed by atoms with Gasteiger partial charge in [0.15, 0.2) is 0 Å². The molecule has 5 atom stereocenters. The van der Waals surface area contributed by atoms with E-state index in [1.807, 2.05) is 20.8 Å². The average Bonchev–Trinajstić information content (AvgIpc) is 3.12. The quantitative estimate of drug-likeness (QED) is 0.585. The van der Waals surface area contributed by atoms with Crippen LogP contribution >= 0.6 is 0 Å². The van der Waals surface area contributed by atoms with Crippen molar-refractivity contribution in [1.29, 1.82) is 0 Å². The van der Waals surface area contributed by atoms with E-state index >= 15 is 0 Å². The van der Waals surface area contributed by atoms with Crippen LogP contribution in [0.3, 0.4) is 0 Å². The number of ether oxygens (including phenoxy) is 1. The Kier molecular flexibility index (Phi) is 3.62. The summed E-state index contributed by atoms with van der Waals surface area (Å²) in [6.45, 7) is 9.33. The van der Waals surface area contributed by atoms with Gasteiger partial charge in [-0.1, -0.05) is 37.6 Å². The van der Waals surface area contributed by atoms with Gasteiger partial charge in [0.2, 0.25) is 11.6 Å². The van der Waals surface area contributed by atoms with E-state index in [1.165, 1.54) is 12.1 Å². The van der Waals surface area contributed by atoms with Crippen molar-refractivity contribution in [3.05, 3.63) is 52.8 Å². The molecule has 1 aromatic carbocycles. The van der Waals surface area contributed by atoms with Crippen molar-refractivity contribution in [2.45, 2.75) is 51.7 Å². The van der Waals surface area contributed by atoms with Gasteiger partial charge in [-0.3, -0.25) is 4.79 Å². The fraction of sp³-hybridized carbons (Fsp3) is 0.522. The van der Waals surface area contributed by atoms with Gasteiger partial charge in [0.05, 0.1) is 17.4 Å². The summed E-state index contributed by atoms with van der Waals surface area (Å²) < 4.78 is 37.9. The molecule has 0 radical (unpaired) electrons. The number of allylic oxidation sites excluding steroid dienone is 2. The highest BCUT2D eigenvalue weighted by Gasteiger charge is 2.85. The average molecular weight is 431 g/mol. The van der Waals surface area contributed by atoms with Gasteiger partial charge in [-0.05, 0) is 56.4 Å². The molecule has 0 aromatic heterocycles. The van der Waals surface area contributed by atoms with Gasteiger partial charge in [-0.25, -0.2) is 0 Å². The molecule has 4 aliphatic carbocycles. The van der Waals surface area contributed by atoms with E-state index in [2.05, 4.69) is 6.08 Å². The molecule has 0 amide bonds. The SMILES string of the molecule is CC1=C(OS(=O)(=O)c2ccc(C)cc2)C2(C)C3(C)COC2(O)C(=O)C12C3=CC[C@@H]2C. The van der Waals surface area contributed by atoms with Crippen molar-refractivity contribution in [2.24, 2.45) is 22.2 Å². The predicted octanol–water partition coefficient (Wildman–Crippen LogP) is 3.25. The van der Waals surface area contributed by atoms with E-state index in [9.17, 15) is 18.3 Å². The molecule has 1 spiro atoms. The molecular weight excluding hydrogens is 404 g/mol. The normalized spacial score (nSPS) is 41.9. The number of rotatable bonds is 3. The maximum atomic E-state index is 13.7. The minimum Gasteiger partial charge on any atom is -0.383 e. The molecule has 160 valence electrons. The largest absolute Gasteiger partial charge is 0.383 e. The van der Waals surface area contributed by atoms with E-state index in [1.54, 1.807) is 26.0 Å². The molecular formula is C23H26O6S. The van der Waals surface area contributed by atoms with Crippen LogP contribution in [0.25, 0.3) is 0 Å². The van der Waals surface area contributed by atoms with Crippen LogP contribution in [0.15, 0.2) is 52.1 Å². The van der Waals surface area contributed by atoms with Gasteiger partial charge in [-0.15, -0.1) is 0 Å². The first-order valence-corrected chi connectivity index (χ1v) is 11.6.